The Hall–Kier alpha value is -3.17. The van der Waals surface area contributed by atoms with Gasteiger partial charge in [0.1, 0.15) is 5.75 Å². The Morgan fingerprint density at radius 2 is 1.76 bits per heavy atom. The van der Waals surface area contributed by atoms with Gasteiger partial charge in [-0.2, -0.15) is 0 Å². The number of hydrogen-bond donors (Lipinski definition) is 1. The Labute approximate surface area is 168 Å². The number of carbonyl (C=O) groups is 1. The van der Waals surface area contributed by atoms with E-state index in [1.807, 2.05) is 12.1 Å². The highest BCUT2D eigenvalue weighted by Crippen LogP contribution is 2.25. The third-order valence-electron chi connectivity index (χ3n) is 4.10. The third kappa shape index (κ3) is 4.82. The van der Waals surface area contributed by atoms with E-state index in [-0.39, 0.29) is 12.4 Å². The van der Waals surface area contributed by atoms with Gasteiger partial charge in [0.15, 0.2) is 0 Å². The standard InChI is InChI=1S/C20H20N2O6S/c1-26-16-10-8-14(9-11-16)12-13-21-29(24,25)20-17(19(23)27-2)22-18(28-20)15-6-4-3-5-7-15/h3-11,21H,12-13H2,1-2H3. The molecule has 0 bridgehead atoms. The number of sulfonamides is 1. The molecule has 1 heterocycles. The van der Waals surface area contributed by atoms with Gasteiger partial charge in [-0.3, -0.25) is 0 Å². The Morgan fingerprint density at radius 1 is 1.07 bits per heavy atom. The van der Waals surface area contributed by atoms with E-state index in [4.69, 9.17) is 9.15 Å². The van der Waals surface area contributed by atoms with Gasteiger partial charge in [-0.05, 0) is 36.2 Å². The summed E-state index contributed by atoms with van der Waals surface area (Å²) >= 11 is 0. The molecular formula is C20H20N2O6S. The van der Waals surface area contributed by atoms with Gasteiger partial charge in [0.25, 0.3) is 15.1 Å². The molecule has 3 rings (SSSR count). The zero-order valence-electron chi connectivity index (χ0n) is 15.9. The third-order valence-corrected chi connectivity index (χ3v) is 5.45. The van der Waals surface area contributed by atoms with E-state index in [9.17, 15) is 13.2 Å². The van der Waals surface area contributed by atoms with Crippen molar-refractivity contribution in [1.82, 2.24) is 9.71 Å². The number of hydrogen-bond acceptors (Lipinski definition) is 7. The molecule has 1 N–H and O–H groups in total. The normalized spacial score (nSPS) is 11.2. The lowest BCUT2D eigenvalue weighted by molar-refractivity contribution is 0.0587. The van der Waals surface area contributed by atoms with Gasteiger partial charge in [-0.1, -0.05) is 30.3 Å². The molecule has 0 aliphatic heterocycles. The Balaban J connectivity index is 1.81. The first-order chi connectivity index (χ1) is 13.9. The number of aromatic nitrogens is 1. The zero-order chi connectivity index (χ0) is 20.9. The lowest BCUT2D eigenvalue weighted by atomic mass is 10.1. The van der Waals surface area contributed by atoms with E-state index in [0.717, 1.165) is 12.7 Å². The van der Waals surface area contributed by atoms with Crippen molar-refractivity contribution >= 4 is 16.0 Å². The van der Waals surface area contributed by atoms with Crippen LogP contribution in [0.4, 0.5) is 0 Å². The smallest absolute Gasteiger partial charge is 0.361 e. The van der Waals surface area contributed by atoms with Crippen LogP contribution < -0.4 is 9.46 Å². The van der Waals surface area contributed by atoms with Gasteiger partial charge in [-0.15, -0.1) is 0 Å². The summed E-state index contributed by atoms with van der Waals surface area (Å²) < 4.78 is 43.1. The minimum absolute atomic E-state index is 0.0153. The first-order valence-electron chi connectivity index (χ1n) is 8.72. The maximum Gasteiger partial charge on any atom is 0.361 e. The molecule has 29 heavy (non-hydrogen) atoms. The van der Waals surface area contributed by atoms with Crippen molar-refractivity contribution in [2.24, 2.45) is 0 Å². The summed E-state index contributed by atoms with van der Waals surface area (Å²) in [5.74, 6) is -0.167. The molecule has 2 aromatic carbocycles. The fourth-order valence-electron chi connectivity index (χ4n) is 2.61. The number of esters is 1. The fourth-order valence-corrected chi connectivity index (χ4v) is 3.68. The number of ether oxygens (including phenoxy) is 2. The minimum Gasteiger partial charge on any atom is -0.497 e. The van der Waals surface area contributed by atoms with Crippen molar-refractivity contribution in [3.05, 3.63) is 65.9 Å². The lowest BCUT2D eigenvalue weighted by Gasteiger charge is -2.06. The molecule has 152 valence electrons. The van der Waals surface area contributed by atoms with Crippen LogP contribution in [0.25, 0.3) is 11.5 Å². The Kier molecular flexibility index (Phi) is 6.30. The summed E-state index contributed by atoms with van der Waals surface area (Å²) in [5, 5.41) is -0.571. The highest BCUT2D eigenvalue weighted by atomic mass is 32.2. The topological polar surface area (TPSA) is 108 Å². The number of rotatable bonds is 8. The van der Waals surface area contributed by atoms with Crippen molar-refractivity contribution in [2.75, 3.05) is 20.8 Å². The van der Waals surface area contributed by atoms with Crippen molar-refractivity contribution in [3.63, 3.8) is 0 Å². The van der Waals surface area contributed by atoms with Crippen LogP contribution in [0.5, 0.6) is 5.75 Å². The molecule has 8 nitrogen and oxygen atoms in total. The van der Waals surface area contributed by atoms with E-state index >= 15 is 0 Å². The summed E-state index contributed by atoms with van der Waals surface area (Å²) in [6.07, 6.45) is 0.441. The van der Waals surface area contributed by atoms with Gasteiger partial charge >= 0.3 is 5.97 Å². The van der Waals surface area contributed by atoms with Crippen molar-refractivity contribution < 1.29 is 27.1 Å². The molecule has 0 aliphatic rings. The summed E-state index contributed by atoms with van der Waals surface area (Å²) in [7, 11) is -1.40. The van der Waals surface area contributed by atoms with Crippen LogP contribution in [0, 0.1) is 0 Å². The Bertz CT molecular complexity index is 1080. The van der Waals surface area contributed by atoms with Crippen LogP contribution >= 0.6 is 0 Å². The first kappa shape index (κ1) is 20.6. The summed E-state index contributed by atoms with van der Waals surface area (Å²) in [4.78, 5) is 16.1. The monoisotopic (exact) mass is 416 g/mol. The SMILES string of the molecule is COC(=O)c1nc(-c2ccccc2)oc1S(=O)(=O)NCCc1ccc(OC)cc1. The number of nitrogens with zero attached hydrogens (tertiary/aromatic N) is 1. The molecule has 0 spiro atoms. The molecule has 0 unspecified atom stereocenters. The first-order valence-corrected chi connectivity index (χ1v) is 10.2. The van der Waals surface area contributed by atoms with Gasteiger partial charge < -0.3 is 13.9 Å². The molecule has 0 saturated heterocycles. The van der Waals surface area contributed by atoms with Crippen molar-refractivity contribution in [3.8, 4) is 17.2 Å². The Morgan fingerprint density at radius 3 is 2.38 bits per heavy atom. The fraction of sp³-hybridized carbons (Fsp3) is 0.200. The summed E-state index contributed by atoms with van der Waals surface area (Å²) in [6, 6.07) is 16.0. The van der Waals surface area contributed by atoms with Crippen LogP contribution in [0.2, 0.25) is 0 Å². The molecule has 0 fully saturated rings. The maximum atomic E-state index is 12.7. The van der Waals surface area contributed by atoms with Crippen molar-refractivity contribution in [2.45, 2.75) is 11.5 Å². The van der Waals surface area contributed by atoms with Crippen LogP contribution in [0.15, 0.2) is 64.1 Å². The number of methoxy groups -OCH3 is 2. The van der Waals surface area contributed by atoms with Crippen LogP contribution in [0.3, 0.4) is 0 Å². The van der Waals surface area contributed by atoms with E-state index in [1.165, 1.54) is 0 Å². The van der Waals surface area contributed by atoms with Crippen LogP contribution in [-0.2, 0) is 21.2 Å². The molecule has 1 aromatic heterocycles. The van der Waals surface area contributed by atoms with Gasteiger partial charge in [0.2, 0.25) is 11.6 Å². The second-order valence-corrected chi connectivity index (χ2v) is 7.67. The molecule has 0 amide bonds. The average molecular weight is 416 g/mol. The lowest BCUT2D eigenvalue weighted by Crippen LogP contribution is -2.27. The number of carbonyl (C=O) groups excluding carboxylic acids is 1. The van der Waals surface area contributed by atoms with Gasteiger partial charge in [0.05, 0.1) is 14.2 Å². The average Bonchev–Trinajstić information content (AvgIpc) is 3.21. The molecule has 9 heteroatoms. The number of nitrogens with one attached hydrogen (secondary N) is 1. The highest BCUT2D eigenvalue weighted by Gasteiger charge is 2.31. The molecule has 0 aliphatic carbocycles. The summed E-state index contributed by atoms with van der Waals surface area (Å²) in [6.45, 7) is 0.108. The number of oxazole rings is 1. The predicted octanol–water partition coefficient (Wildman–Crippen LogP) is 2.66. The second kappa shape index (κ2) is 8.89. The van der Waals surface area contributed by atoms with E-state index in [2.05, 4.69) is 14.4 Å². The van der Waals surface area contributed by atoms with Gasteiger partial charge in [0, 0.05) is 12.1 Å². The largest absolute Gasteiger partial charge is 0.497 e. The number of benzene rings is 2. The van der Waals surface area contributed by atoms with E-state index in [0.29, 0.717) is 17.7 Å². The van der Waals surface area contributed by atoms with Crippen LogP contribution in [0.1, 0.15) is 16.1 Å². The molecule has 0 radical (unpaired) electrons. The second-order valence-electron chi connectivity index (χ2n) is 6.01. The van der Waals surface area contributed by atoms with E-state index < -0.39 is 26.8 Å². The summed E-state index contributed by atoms with van der Waals surface area (Å²) in [5.41, 5.74) is 1.06. The maximum absolute atomic E-state index is 12.7. The molecular weight excluding hydrogens is 396 g/mol. The molecule has 0 atom stereocenters. The zero-order valence-corrected chi connectivity index (χ0v) is 16.7. The molecule has 0 saturated carbocycles. The van der Waals surface area contributed by atoms with Crippen LogP contribution in [-0.4, -0.2) is 40.1 Å². The predicted molar refractivity (Wildman–Crippen MR) is 105 cm³/mol. The van der Waals surface area contributed by atoms with E-state index in [1.54, 1.807) is 49.6 Å². The highest BCUT2D eigenvalue weighted by molar-refractivity contribution is 7.89. The minimum atomic E-state index is -4.12. The van der Waals surface area contributed by atoms with Gasteiger partial charge in [-0.25, -0.2) is 22.9 Å². The van der Waals surface area contributed by atoms with Crippen molar-refractivity contribution in [1.29, 1.82) is 0 Å². The quantitative estimate of drug-likeness (QED) is 0.563. The molecule has 3 aromatic rings.